The van der Waals surface area contributed by atoms with E-state index in [-0.39, 0.29) is 13.2 Å². The highest BCUT2D eigenvalue weighted by Gasteiger charge is 2.14. The zero-order chi connectivity index (χ0) is 21.2. The lowest BCUT2D eigenvalue weighted by atomic mass is 10.1. The fraction of sp³-hybridized carbons (Fsp3) is 0.273. The molecule has 0 spiro atoms. The molecule has 0 fully saturated rings. The molecule has 7 heteroatoms. The Bertz CT molecular complexity index is 848. The van der Waals surface area contributed by atoms with Gasteiger partial charge >= 0.3 is 5.97 Å². The summed E-state index contributed by atoms with van der Waals surface area (Å²) in [6, 6.07) is 11.1. The number of hydrogen-bond donors (Lipinski definition) is 1. The summed E-state index contributed by atoms with van der Waals surface area (Å²) < 4.78 is 20.8. The second-order valence-corrected chi connectivity index (χ2v) is 6.16. The number of aryl methyl sites for hydroxylation is 1. The molecule has 0 atom stereocenters. The van der Waals surface area contributed by atoms with Crippen LogP contribution in [-0.4, -0.2) is 39.8 Å². The van der Waals surface area contributed by atoms with Gasteiger partial charge in [0.25, 0.3) is 5.91 Å². The van der Waals surface area contributed by atoms with Crippen LogP contribution in [0.1, 0.15) is 16.7 Å². The largest absolute Gasteiger partial charge is 0.493 e. The molecule has 0 radical (unpaired) electrons. The molecule has 0 saturated carbocycles. The van der Waals surface area contributed by atoms with E-state index in [1.807, 2.05) is 31.2 Å². The number of esters is 1. The molecule has 154 valence electrons. The Morgan fingerprint density at radius 3 is 2.14 bits per heavy atom. The van der Waals surface area contributed by atoms with E-state index in [0.29, 0.717) is 17.2 Å². The molecule has 2 rings (SSSR count). The molecular formula is C22H25NO6. The number of hydrogen-bond acceptors (Lipinski definition) is 6. The number of carbonyl (C=O) groups excluding carboxylic acids is 2. The smallest absolute Gasteiger partial charge is 0.331 e. The van der Waals surface area contributed by atoms with Crippen LogP contribution in [0.15, 0.2) is 42.5 Å². The molecule has 1 N–H and O–H groups in total. The third kappa shape index (κ3) is 6.57. The van der Waals surface area contributed by atoms with E-state index >= 15 is 0 Å². The molecule has 0 aliphatic rings. The average molecular weight is 399 g/mol. The molecule has 0 unspecified atom stereocenters. The van der Waals surface area contributed by atoms with Crippen LogP contribution < -0.4 is 19.5 Å². The number of benzene rings is 2. The summed E-state index contributed by atoms with van der Waals surface area (Å²) in [6.07, 6.45) is 2.92. The average Bonchev–Trinajstić information content (AvgIpc) is 2.74. The van der Waals surface area contributed by atoms with Crippen LogP contribution in [0.25, 0.3) is 6.08 Å². The van der Waals surface area contributed by atoms with E-state index in [0.717, 1.165) is 16.7 Å². The van der Waals surface area contributed by atoms with Crippen molar-refractivity contribution >= 4 is 18.0 Å². The third-order valence-electron chi connectivity index (χ3n) is 4.05. The Kier molecular flexibility index (Phi) is 8.09. The van der Waals surface area contributed by atoms with Crippen molar-refractivity contribution in [3.05, 3.63) is 59.2 Å². The van der Waals surface area contributed by atoms with E-state index in [9.17, 15) is 9.59 Å². The van der Waals surface area contributed by atoms with Crippen LogP contribution in [0.4, 0.5) is 0 Å². The molecule has 0 bridgehead atoms. The maximum Gasteiger partial charge on any atom is 0.331 e. The lowest BCUT2D eigenvalue weighted by Gasteiger charge is -2.14. The van der Waals surface area contributed by atoms with Gasteiger partial charge in [-0.05, 0) is 36.3 Å². The van der Waals surface area contributed by atoms with E-state index in [1.165, 1.54) is 27.4 Å². The minimum Gasteiger partial charge on any atom is -0.493 e. The molecule has 2 aromatic carbocycles. The van der Waals surface area contributed by atoms with Crippen molar-refractivity contribution in [3.63, 3.8) is 0 Å². The van der Waals surface area contributed by atoms with Crippen molar-refractivity contribution in [2.45, 2.75) is 13.5 Å². The number of carbonyl (C=O) groups is 2. The number of rotatable bonds is 9. The molecule has 0 aromatic heterocycles. The zero-order valence-corrected chi connectivity index (χ0v) is 17.0. The standard InChI is InChI=1S/C22H25NO6/c1-15-5-7-16(8-6-15)9-10-21(25)29-14-20(24)23-13-17-11-18(26-2)22(28-4)19(12-17)27-3/h5-12H,13-14H2,1-4H3,(H,23,24)/b10-9+. The van der Waals surface area contributed by atoms with Gasteiger partial charge in [0.15, 0.2) is 18.1 Å². The Hall–Kier alpha value is -3.48. The van der Waals surface area contributed by atoms with Gasteiger partial charge in [0, 0.05) is 12.6 Å². The fourth-order valence-corrected chi connectivity index (χ4v) is 2.52. The summed E-state index contributed by atoms with van der Waals surface area (Å²) in [5.74, 6) is 0.441. The van der Waals surface area contributed by atoms with Gasteiger partial charge in [-0.3, -0.25) is 4.79 Å². The lowest BCUT2D eigenvalue weighted by molar-refractivity contribution is -0.143. The van der Waals surface area contributed by atoms with Crippen molar-refractivity contribution in [2.75, 3.05) is 27.9 Å². The first-order valence-electron chi connectivity index (χ1n) is 8.94. The second kappa shape index (κ2) is 10.8. The number of methoxy groups -OCH3 is 3. The second-order valence-electron chi connectivity index (χ2n) is 6.16. The van der Waals surface area contributed by atoms with E-state index in [1.54, 1.807) is 18.2 Å². The van der Waals surface area contributed by atoms with Crippen molar-refractivity contribution < 1.29 is 28.5 Å². The summed E-state index contributed by atoms with van der Waals surface area (Å²) in [5.41, 5.74) is 2.76. The molecule has 7 nitrogen and oxygen atoms in total. The first-order valence-corrected chi connectivity index (χ1v) is 8.94. The lowest BCUT2D eigenvalue weighted by Crippen LogP contribution is -2.28. The summed E-state index contributed by atoms with van der Waals surface area (Å²) in [4.78, 5) is 23.7. The van der Waals surface area contributed by atoms with Crippen molar-refractivity contribution in [1.29, 1.82) is 0 Å². The zero-order valence-electron chi connectivity index (χ0n) is 17.0. The van der Waals surface area contributed by atoms with Gasteiger partial charge in [-0.1, -0.05) is 29.8 Å². The SMILES string of the molecule is COc1cc(CNC(=O)COC(=O)/C=C/c2ccc(C)cc2)cc(OC)c1OC. The van der Waals surface area contributed by atoms with Crippen molar-refractivity contribution in [1.82, 2.24) is 5.32 Å². The fourth-order valence-electron chi connectivity index (χ4n) is 2.52. The first kappa shape index (κ1) is 21.8. The Morgan fingerprint density at radius 1 is 0.966 bits per heavy atom. The normalized spacial score (nSPS) is 10.5. The van der Waals surface area contributed by atoms with Crippen LogP contribution in [0.5, 0.6) is 17.2 Å². The maximum atomic E-state index is 12.0. The number of amides is 1. The summed E-state index contributed by atoms with van der Waals surface area (Å²) in [7, 11) is 4.55. The Morgan fingerprint density at radius 2 is 1.59 bits per heavy atom. The van der Waals surface area contributed by atoms with E-state index < -0.39 is 11.9 Å². The van der Waals surface area contributed by atoms with Gasteiger partial charge in [0.2, 0.25) is 5.75 Å². The quantitative estimate of drug-likeness (QED) is 0.516. The van der Waals surface area contributed by atoms with Crippen LogP contribution in [-0.2, 0) is 20.9 Å². The highest BCUT2D eigenvalue weighted by atomic mass is 16.5. The van der Waals surface area contributed by atoms with Crippen LogP contribution in [0.2, 0.25) is 0 Å². The molecule has 2 aromatic rings. The van der Waals surface area contributed by atoms with Gasteiger partial charge in [-0.25, -0.2) is 4.79 Å². The molecule has 29 heavy (non-hydrogen) atoms. The highest BCUT2D eigenvalue weighted by molar-refractivity contribution is 5.89. The van der Waals surface area contributed by atoms with Crippen LogP contribution in [0.3, 0.4) is 0 Å². The summed E-state index contributed by atoms with van der Waals surface area (Å²) in [5, 5.41) is 2.68. The first-order chi connectivity index (χ1) is 14.0. The van der Waals surface area contributed by atoms with Crippen LogP contribution in [0, 0.1) is 6.92 Å². The van der Waals surface area contributed by atoms with Crippen molar-refractivity contribution in [3.8, 4) is 17.2 Å². The topological polar surface area (TPSA) is 83.1 Å². The molecule has 0 heterocycles. The molecule has 0 aliphatic heterocycles. The molecule has 1 amide bonds. The number of ether oxygens (including phenoxy) is 4. The Labute approximate surface area is 170 Å². The van der Waals surface area contributed by atoms with E-state index in [2.05, 4.69) is 5.32 Å². The van der Waals surface area contributed by atoms with Gasteiger partial charge < -0.3 is 24.3 Å². The van der Waals surface area contributed by atoms with E-state index in [4.69, 9.17) is 18.9 Å². The monoisotopic (exact) mass is 399 g/mol. The number of nitrogens with one attached hydrogen (secondary N) is 1. The predicted octanol–water partition coefficient (Wildman–Crippen LogP) is 2.89. The third-order valence-corrected chi connectivity index (χ3v) is 4.05. The predicted molar refractivity (Wildman–Crippen MR) is 109 cm³/mol. The minimum absolute atomic E-state index is 0.215. The molecular weight excluding hydrogens is 374 g/mol. The molecule has 0 aliphatic carbocycles. The van der Waals surface area contributed by atoms with Crippen molar-refractivity contribution in [2.24, 2.45) is 0 Å². The van der Waals surface area contributed by atoms with Crippen LogP contribution >= 0.6 is 0 Å². The summed E-state index contributed by atoms with van der Waals surface area (Å²) >= 11 is 0. The van der Waals surface area contributed by atoms with Gasteiger partial charge in [0.05, 0.1) is 21.3 Å². The van der Waals surface area contributed by atoms with Gasteiger partial charge in [-0.15, -0.1) is 0 Å². The van der Waals surface area contributed by atoms with Gasteiger partial charge in [0.1, 0.15) is 0 Å². The van der Waals surface area contributed by atoms with Gasteiger partial charge in [-0.2, -0.15) is 0 Å². The Balaban J connectivity index is 1.85. The molecule has 0 saturated heterocycles. The summed E-state index contributed by atoms with van der Waals surface area (Å²) in [6.45, 7) is 1.83. The highest BCUT2D eigenvalue weighted by Crippen LogP contribution is 2.38. The minimum atomic E-state index is -0.589. The maximum absolute atomic E-state index is 12.0.